The van der Waals surface area contributed by atoms with Crippen molar-refractivity contribution in [1.82, 2.24) is 0 Å². The first kappa shape index (κ1) is 27.4. The minimum absolute atomic E-state index is 0.0174. The number of fused-ring (bicyclic) bond motifs is 5. The highest BCUT2D eigenvalue weighted by Gasteiger charge is 2.61. The van der Waals surface area contributed by atoms with Crippen LogP contribution in [0.1, 0.15) is 106 Å². The molecule has 4 aliphatic rings. The highest BCUT2D eigenvalue weighted by Crippen LogP contribution is 2.66. The first-order valence-electron chi connectivity index (χ1n) is 14.5. The summed E-state index contributed by atoms with van der Waals surface area (Å²) >= 11 is 0. The quantitative estimate of drug-likeness (QED) is 0.365. The molecule has 0 bridgehead atoms. The third kappa shape index (κ3) is 4.92. The lowest BCUT2D eigenvalue weighted by Crippen LogP contribution is -2.53. The van der Waals surface area contributed by atoms with Crippen LogP contribution in [0.25, 0.3) is 0 Å². The van der Waals surface area contributed by atoms with E-state index in [2.05, 4.69) is 34.6 Å². The number of allylic oxidation sites excluding steroid dienone is 1. The SMILES string of the molecule is CC(=O)O[C@H]1CC[C@@]2(C)C(=CC(=O)[C@@H]3[C@H]4CC[C@@H]([C@@H](C)CC[C@@H](OC(C)=O)C(C)C)[C@@]4(C)CC[C@H]32)C1. The van der Waals surface area contributed by atoms with E-state index in [0.717, 1.165) is 38.5 Å². The molecular weight excluding hydrogens is 452 g/mol. The molecule has 4 aliphatic carbocycles. The molecule has 0 aromatic rings. The van der Waals surface area contributed by atoms with Crippen LogP contribution in [0.3, 0.4) is 0 Å². The second-order valence-corrected chi connectivity index (χ2v) is 13.4. The van der Waals surface area contributed by atoms with Crippen LogP contribution in [0, 0.1) is 46.3 Å². The molecule has 0 unspecified atom stereocenters. The van der Waals surface area contributed by atoms with E-state index in [9.17, 15) is 14.4 Å². The van der Waals surface area contributed by atoms with Gasteiger partial charge in [-0.05, 0) is 97.9 Å². The zero-order chi connectivity index (χ0) is 26.4. The molecule has 36 heavy (non-hydrogen) atoms. The van der Waals surface area contributed by atoms with E-state index in [4.69, 9.17) is 9.47 Å². The fourth-order valence-electron chi connectivity index (χ4n) is 9.05. The molecule has 0 saturated heterocycles. The second-order valence-electron chi connectivity index (χ2n) is 13.4. The highest BCUT2D eigenvalue weighted by atomic mass is 16.5. The molecule has 9 atom stereocenters. The molecule has 0 N–H and O–H groups in total. The van der Waals surface area contributed by atoms with Gasteiger partial charge >= 0.3 is 11.9 Å². The van der Waals surface area contributed by atoms with Gasteiger partial charge < -0.3 is 9.47 Å². The summed E-state index contributed by atoms with van der Waals surface area (Å²) in [4.78, 5) is 36.8. The van der Waals surface area contributed by atoms with Crippen molar-refractivity contribution in [3.63, 3.8) is 0 Å². The van der Waals surface area contributed by atoms with Gasteiger partial charge in [-0.25, -0.2) is 0 Å². The zero-order valence-electron chi connectivity index (χ0n) is 23.6. The van der Waals surface area contributed by atoms with Gasteiger partial charge in [0.25, 0.3) is 0 Å². The van der Waals surface area contributed by atoms with Crippen molar-refractivity contribution in [2.45, 2.75) is 118 Å². The Labute approximate surface area is 218 Å². The summed E-state index contributed by atoms with van der Waals surface area (Å²) in [5.74, 6) is 2.38. The van der Waals surface area contributed by atoms with Crippen molar-refractivity contribution in [3.05, 3.63) is 11.6 Å². The lowest BCUT2D eigenvalue weighted by Gasteiger charge is -2.57. The Morgan fingerprint density at radius 2 is 1.69 bits per heavy atom. The van der Waals surface area contributed by atoms with Crippen LogP contribution in [0.15, 0.2) is 11.6 Å². The largest absolute Gasteiger partial charge is 0.462 e. The number of esters is 2. The molecule has 0 aromatic heterocycles. The predicted molar refractivity (Wildman–Crippen MR) is 140 cm³/mol. The summed E-state index contributed by atoms with van der Waals surface area (Å²) in [5.41, 5.74) is 1.47. The lowest BCUT2D eigenvalue weighted by atomic mass is 9.46. The van der Waals surface area contributed by atoms with Gasteiger partial charge in [0.2, 0.25) is 0 Å². The third-order valence-electron chi connectivity index (χ3n) is 11.0. The van der Waals surface area contributed by atoms with Crippen molar-refractivity contribution in [1.29, 1.82) is 0 Å². The van der Waals surface area contributed by atoms with E-state index in [1.165, 1.54) is 32.3 Å². The van der Waals surface area contributed by atoms with Crippen molar-refractivity contribution in [2.75, 3.05) is 0 Å². The van der Waals surface area contributed by atoms with Crippen molar-refractivity contribution >= 4 is 17.7 Å². The molecule has 4 rings (SSSR count). The molecule has 0 spiro atoms. The number of hydrogen-bond acceptors (Lipinski definition) is 5. The van der Waals surface area contributed by atoms with Crippen LogP contribution in [0.2, 0.25) is 0 Å². The molecular formula is C31H48O5. The molecule has 0 aromatic carbocycles. The van der Waals surface area contributed by atoms with Crippen LogP contribution < -0.4 is 0 Å². The van der Waals surface area contributed by atoms with Crippen LogP contribution in [0.4, 0.5) is 0 Å². The van der Waals surface area contributed by atoms with Crippen LogP contribution in [0.5, 0.6) is 0 Å². The van der Waals surface area contributed by atoms with E-state index in [1.807, 2.05) is 6.08 Å². The summed E-state index contributed by atoms with van der Waals surface area (Å²) in [7, 11) is 0. The predicted octanol–water partition coefficient (Wildman–Crippen LogP) is 6.68. The summed E-state index contributed by atoms with van der Waals surface area (Å²) in [5, 5.41) is 0. The fourth-order valence-corrected chi connectivity index (χ4v) is 9.05. The van der Waals surface area contributed by atoms with E-state index < -0.39 is 0 Å². The van der Waals surface area contributed by atoms with Gasteiger partial charge in [-0.15, -0.1) is 0 Å². The van der Waals surface area contributed by atoms with Gasteiger partial charge in [-0.1, -0.05) is 40.2 Å². The minimum atomic E-state index is -0.226. The molecule has 3 fully saturated rings. The molecule has 5 nitrogen and oxygen atoms in total. The maximum absolute atomic E-state index is 13.7. The Bertz CT molecular complexity index is 905. The number of ketones is 1. The minimum Gasteiger partial charge on any atom is -0.462 e. The van der Waals surface area contributed by atoms with Crippen molar-refractivity contribution < 1.29 is 23.9 Å². The van der Waals surface area contributed by atoms with Crippen molar-refractivity contribution in [3.8, 4) is 0 Å². The average Bonchev–Trinajstić information content (AvgIpc) is 3.14. The zero-order valence-corrected chi connectivity index (χ0v) is 23.6. The van der Waals surface area contributed by atoms with Crippen LogP contribution in [-0.2, 0) is 23.9 Å². The molecule has 0 radical (unpaired) electrons. The van der Waals surface area contributed by atoms with Gasteiger partial charge in [-0.3, -0.25) is 14.4 Å². The smallest absolute Gasteiger partial charge is 0.302 e. The summed E-state index contributed by atoms with van der Waals surface area (Å²) < 4.78 is 11.2. The van der Waals surface area contributed by atoms with Crippen LogP contribution in [-0.4, -0.2) is 29.9 Å². The number of hydrogen-bond donors (Lipinski definition) is 0. The van der Waals surface area contributed by atoms with Gasteiger partial charge in [0.15, 0.2) is 5.78 Å². The number of rotatable bonds is 7. The van der Waals surface area contributed by atoms with E-state index in [0.29, 0.717) is 41.8 Å². The van der Waals surface area contributed by atoms with Gasteiger partial charge in [-0.2, -0.15) is 0 Å². The van der Waals surface area contributed by atoms with Gasteiger partial charge in [0.1, 0.15) is 12.2 Å². The van der Waals surface area contributed by atoms with E-state index >= 15 is 0 Å². The Morgan fingerprint density at radius 1 is 0.972 bits per heavy atom. The van der Waals surface area contributed by atoms with E-state index in [-0.39, 0.29) is 40.9 Å². The summed E-state index contributed by atoms with van der Waals surface area (Å²) in [6.45, 7) is 14.5. The van der Waals surface area contributed by atoms with Gasteiger partial charge in [0.05, 0.1) is 0 Å². The third-order valence-corrected chi connectivity index (χ3v) is 11.0. The first-order valence-corrected chi connectivity index (χ1v) is 14.5. The number of ether oxygens (including phenoxy) is 2. The average molecular weight is 501 g/mol. The maximum Gasteiger partial charge on any atom is 0.302 e. The number of carbonyl (C=O) groups is 3. The Kier molecular flexibility index (Phi) is 7.80. The Balaban J connectivity index is 1.49. The van der Waals surface area contributed by atoms with Crippen molar-refractivity contribution in [2.24, 2.45) is 46.3 Å². The number of carbonyl (C=O) groups excluding carboxylic acids is 3. The molecule has 0 amide bonds. The summed E-state index contributed by atoms with van der Waals surface area (Å²) in [6, 6.07) is 0. The topological polar surface area (TPSA) is 69.7 Å². The van der Waals surface area contributed by atoms with Crippen LogP contribution >= 0.6 is 0 Å². The highest BCUT2D eigenvalue weighted by molar-refractivity contribution is 5.94. The molecule has 0 aliphatic heterocycles. The first-order chi connectivity index (χ1) is 16.9. The molecule has 5 heteroatoms. The standard InChI is InChI=1S/C31H48O5/c1-18(2)28(36-21(5)33)11-8-19(3)24-9-10-25-29-26(13-15-31(24,25)7)30(6)14-12-23(35-20(4)32)16-22(30)17-27(29)34/h17-19,23-26,28-29H,8-16H2,1-7H3/t19-,23-,24-,25+,26+,28+,29+,30-,31+/m0/s1. The second kappa shape index (κ2) is 10.3. The molecule has 0 heterocycles. The Hall–Kier alpha value is -1.65. The van der Waals surface area contributed by atoms with Gasteiger partial charge in [0, 0.05) is 26.2 Å². The monoisotopic (exact) mass is 500 g/mol. The molecule has 3 saturated carbocycles. The summed E-state index contributed by atoms with van der Waals surface area (Å²) in [6.07, 6.45) is 11.1. The lowest BCUT2D eigenvalue weighted by molar-refractivity contribution is -0.150. The normalized spacial score (nSPS) is 39.4. The molecule has 202 valence electrons. The van der Waals surface area contributed by atoms with E-state index in [1.54, 1.807) is 0 Å². The maximum atomic E-state index is 13.7. The fraction of sp³-hybridized carbons (Fsp3) is 0.839. The Morgan fingerprint density at radius 3 is 2.33 bits per heavy atom.